The highest BCUT2D eigenvalue weighted by Crippen LogP contribution is 2.36. The second-order valence-electron chi connectivity index (χ2n) is 6.32. The first kappa shape index (κ1) is 14.8. The van der Waals surface area contributed by atoms with Gasteiger partial charge < -0.3 is 4.90 Å². The molecule has 1 N–H and O–H groups in total. The monoisotopic (exact) mass is 297 g/mol. The van der Waals surface area contributed by atoms with Gasteiger partial charge in [0, 0.05) is 23.4 Å². The van der Waals surface area contributed by atoms with Gasteiger partial charge in [-0.05, 0) is 52.2 Å². The van der Waals surface area contributed by atoms with E-state index in [9.17, 15) is 4.79 Å². The third kappa shape index (κ3) is 2.43. The average molecular weight is 297 g/mol. The van der Waals surface area contributed by atoms with Crippen molar-refractivity contribution in [1.82, 2.24) is 15.1 Å². The van der Waals surface area contributed by atoms with Crippen molar-refractivity contribution >= 4 is 5.91 Å². The van der Waals surface area contributed by atoms with Crippen LogP contribution < -0.4 is 0 Å². The van der Waals surface area contributed by atoms with Crippen molar-refractivity contribution in [1.29, 1.82) is 0 Å². The molecule has 4 heteroatoms. The number of hydrogen-bond donors (Lipinski definition) is 1. The largest absolute Gasteiger partial charge is 0.331 e. The maximum atomic E-state index is 13.0. The van der Waals surface area contributed by atoms with E-state index in [1.165, 1.54) is 11.1 Å². The summed E-state index contributed by atoms with van der Waals surface area (Å²) in [6.07, 6.45) is 2.06. The molecule has 1 atom stereocenters. The molecule has 1 aromatic heterocycles. The highest BCUT2D eigenvalue weighted by atomic mass is 16.2. The lowest BCUT2D eigenvalue weighted by molar-refractivity contribution is 0.0734. The highest BCUT2D eigenvalue weighted by Gasteiger charge is 2.33. The topological polar surface area (TPSA) is 49.0 Å². The second-order valence-corrected chi connectivity index (χ2v) is 6.32. The number of aromatic nitrogens is 2. The molecule has 1 saturated heterocycles. The normalized spacial score (nSPS) is 18.0. The predicted molar refractivity (Wildman–Crippen MR) is 87.0 cm³/mol. The van der Waals surface area contributed by atoms with E-state index < -0.39 is 0 Å². The zero-order chi connectivity index (χ0) is 15.9. The summed E-state index contributed by atoms with van der Waals surface area (Å²) in [5.74, 6) is 0.139. The van der Waals surface area contributed by atoms with Crippen LogP contribution in [-0.2, 0) is 0 Å². The Labute approximate surface area is 131 Å². The maximum absolute atomic E-state index is 13.0. The van der Waals surface area contributed by atoms with Crippen LogP contribution in [-0.4, -0.2) is 27.5 Å². The Morgan fingerprint density at radius 3 is 2.68 bits per heavy atom. The number of carbonyl (C=O) groups excluding carboxylic acids is 1. The molecule has 116 valence electrons. The van der Waals surface area contributed by atoms with Gasteiger partial charge in [-0.25, -0.2) is 0 Å². The first-order chi connectivity index (χ1) is 10.5. The number of aromatic amines is 1. The fourth-order valence-corrected chi connectivity index (χ4v) is 3.57. The van der Waals surface area contributed by atoms with E-state index >= 15 is 0 Å². The number of amides is 1. The molecule has 0 saturated carbocycles. The maximum Gasteiger partial charge on any atom is 0.254 e. The van der Waals surface area contributed by atoms with Crippen LogP contribution in [0.25, 0.3) is 0 Å². The van der Waals surface area contributed by atoms with Crippen LogP contribution in [0.15, 0.2) is 18.2 Å². The SMILES string of the molecule is Cc1ccc(C(=O)N2CCCC2c2c(C)n[nH]c2C)c(C)c1. The fraction of sp³-hybridized carbons (Fsp3) is 0.444. The van der Waals surface area contributed by atoms with Crippen molar-refractivity contribution in [2.45, 2.75) is 46.6 Å². The molecule has 0 aliphatic carbocycles. The highest BCUT2D eigenvalue weighted by molar-refractivity contribution is 5.96. The standard InChI is InChI=1S/C18H23N3O/c1-11-7-8-15(12(2)10-11)18(22)21-9-5-6-16(21)17-13(3)19-20-14(17)4/h7-8,10,16H,5-6,9H2,1-4H3,(H,19,20). The van der Waals surface area contributed by atoms with E-state index in [1.54, 1.807) is 0 Å². The fourth-order valence-electron chi connectivity index (χ4n) is 3.57. The lowest BCUT2D eigenvalue weighted by Gasteiger charge is -2.26. The van der Waals surface area contributed by atoms with Crippen molar-refractivity contribution in [3.8, 4) is 0 Å². The number of nitrogens with one attached hydrogen (secondary N) is 1. The number of aryl methyl sites for hydroxylation is 4. The van der Waals surface area contributed by atoms with Gasteiger partial charge in [-0.3, -0.25) is 9.89 Å². The van der Waals surface area contributed by atoms with Crippen molar-refractivity contribution in [3.63, 3.8) is 0 Å². The Hall–Kier alpha value is -2.10. The van der Waals surface area contributed by atoms with Crippen LogP contribution in [0, 0.1) is 27.7 Å². The number of nitrogens with zero attached hydrogens (tertiary/aromatic N) is 2. The zero-order valence-electron chi connectivity index (χ0n) is 13.7. The Morgan fingerprint density at radius 1 is 1.27 bits per heavy atom. The molecule has 1 aromatic carbocycles. The van der Waals surface area contributed by atoms with Gasteiger partial charge in [-0.15, -0.1) is 0 Å². The molecular formula is C18H23N3O. The number of hydrogen-bond acceptors (Lipinski definition) is 2. The number of H-pyrrole nitrogens is 1. The third-order valence-electron chi connectivity index (χ3n) is 4.64. The summed E-state index contributed by atoms with van der Waals surface area (Å²) in [5, 5.41) is 7.34. The summed E-state index contributed by atoms with van der Waals surface area (Å²) in [4.78, 5) is 15.0. The minimum atomic E-state index is 0.139. The Kier molecular flexibility index (Phi) is 3.77. The van der Waals surface area contributed by atoms with Gasteiger partial charge in [-0.1, -0.05) is 17.7 Å². The van der Waals surface area contributed by atoms with Gasteiger partial charge in [0.1, 0.15) is 0 Å². The van der Waals surface area contributed by atoms with Crippen LogP contribution >= 0.6 is 0 Å². The van der Waals surface area contributed by atoms with E-state index in [1.807, 2.05) is 37.8 Å². The molecule has 4 nitrogen and oxygen atoms in total. The summed E-state index contributed by atoms with van der Waals surface area (Å²) < 4.78 is 0. The molecule has 1 unspecified atom stereocenters. The van der Waals surface area contributed by atoms with Gasteiger partial charge in [0.05, 0.1) is 11.7 Å². The summed E-state index contributed by atoms with van der Waals surface area (Å²) >= 11 is 0. The smallest absolute Gasteiger partial charge is 0.254 e. The number of carbonyl (C=O) groups is 1. The van der Waals surface area contributed by atoms with E-state index in [0.717, 1.165) is 41.9 Å². The molecule has 1 aliphatic heterocycles. The van der Waals surface area contributed by atoms with Crippen molar-refractivity contribution in [3.05, 3.63) is 51.8 Å². The molecule has 2 heterocycles. The van der Waals surface area contributed by atoms with Gasteiger partial charge in [0.15, 0.2) is 0 Å². The first-order valence-corrected chi connectivity index (χ1v) is 7.88. The molecule has 0 bridgehead atoms. The van der Waals surface area contributed by atoms with Crippen LogP contribution in [0.2, 0.25) is 0 Å². The number of benzene rings is 1. The third-order valence-corrected chi connectivity index (χ3v) is 4.64. The minimum Gasteiger partial charge on any atom is -0.331 e. The summed E-state index contributed by atoms with van der Waals surface area (Å²) in [7, 11) is 0. The Bertz CT molecular complexity index is 698. The van der Waals surface area contributed by atoms with E-state index in [-0.39, 0.29) is 11.9 Å². The molecule has 1 fully saturated rings. The summed E-state index contributed by atoms with van der Waals surface area (Å²) in [5.41, 5.74) is 6.32. The van der Waals surface area contributed by atoms with Crippen molar-refractivity contribution in [2.24, 2.45) is 0 Å². The lowest BCUT2D eigenvalue weighted by atomic mass is 10.0. The molecular weight excluding hydrogens is 274 g/mol. The van der Waals surface area contributed by atoms with Crippen molar-refractivity contribution in [2.75, 3.05) is 6.54 Å². The Balaban J connectivity index is 1.95. The van der Waals surface area contributed by atoms with E-state index in [2.05, 4.69) is 23.2 Å². The van der Waals surface area contributed by atoms with E-state index in [4.69, 9.17) is 0 Å². The van der Waals surface area contributed by atoms with Gasteiger partial charge in [-0.2, -0.15) is 5.10 Å². The van der Waals surface area contributed by atoms with Crippen LogP contribution in [0.3, 0.4) is 0 Å². The van der Waals surface area contributed by atoms with E-state index in [0.29, 0.717) is 0 Å². The molecule has 0 radical (unpaired) electrons. The quantitative estimate of drug-likeness (QED) is 0.920. The van der Waals surface area contributed by atoms with Crippen LogP contribution in [0.5, 0.6) is 0 Å². The zero-order valence-corrected chi connectivity index (χ0v) is 13.7. The van der Waals surface area contributed by atoms with Gasteiger partial charge in [0.25, 0.3) is 5.91 Å². The van der Waals surface area contributed by atoms with Crippen molar-refractivity contribution < 1.29 is 4.79 Å². The average Bonchev–Trinajstić information content (AvgIpc) is 3.05. The minimum absolute atomic E-state index is 0.139. The molecule has 0 spiro atoms. The Morgan fingerprint density at radius 2 is 2.05 bits per heavy atom. The molecule has 1 aliphatic rings. The van der Waals surface area contributed by atoms with Crippen LogP contribution in [0.1, 0.15) is 57.3 Å². The molecule has 1 amide bonds. The second kappa shape index (κ2) is 5.59. The summed E-state index contributed by atoms with van der Waals surface area (Å²) in [6, 6.07) is 6.19. The lowest BCUT2D eigenvalue weighted by Crippen LogP contribution is -2.31. The van der Waals surface area contributed by atoms with Gasteiger partial charge >= 0.3 is 0 Å². The first-order valence-electron chi connectivity index (χ1n) is 7.88. The number of rotatable bonds is 2. The van der Waals surface area contributed by atoms with Crippen LogP contribution in [0.4, 0.5) is 0 Å². The molecule has 3 rings (SSSR count). The molecule has 2 aromatic rings. The summed E-state index contributed by atoms with van der Waals surface area (Å²) in [6.45, 7) is 8.93. The molecule has 22 heavy (non-hydrogen) atoms. The van der Waals surface area contributed by atoms with Gasteiger partial charge in [0.2, 0.25) is 0 Å². The number of likely N-dealkylation sites (tertiary alicyclic amines) is 1. The predicted octanol–water partition coefficient (Wildman–Crippen LogP) is 3.62.